The molecule has 1 aliphatic carbocycles. The highest BCUT2D eigenvalue weighted by Crippen LogP contribution is 2.35. The van der Waals surface area contributed by atoms with Crippen LogP contribution in [0.25, 0.3) is 0 Å². The molecule has 2 aliphatic rings. The molecule has 15 heavy (non-hydrogen) atoms. The minimum absolute atomic E-state index is 0.310. The molecule has 82 valence electrons. The van der Waals surface area contributed by atoms with E-state index >= 15 is 0 Å². The van der Waals surface area contributed by atoms with Crippen LogP contribution in [-0.2, 0) is 23.8 Å². The summed E-state index contributed by atoms with van der Waals surface area (Å²) in [7, 11) is 3.02. The first-order chi connectivity index (χ1) is 7.19. The van der Waals surface area contributed by atoms with Crippen LogP contribution in [0.2, 0.25) is 0 Å². The van der Waals surface area contributed by atoms with Crippen molar-refractivity contribution in [2.24, 2.45) is 11.8 Å². The minimum atomic E-state index is -0.572. The van der Waals surface area contributed by atoms with Crippen molar-refractivity contribution in [3.8, 4) is 0 Å². The Labute approximate surface area is 87.0 Å². The number of carbonyl (C=O) groups excluding carboxylic acids is 2. The Morgan fingerprint density at radius 1 is 1.13 bits per heavy atom. The highest BCUT2D eigenvalue weighted by Gasteiger charge is 2.51. The normalized spacial score (nSPS) is 39.1. The third-order valence-corrected chi connectivity index (χ3v) is 2.86. The molecule has 5 nitrogen and oxygen atoms in total. The van der Waals surface area contributed by atoms with E-state index in [0.29, 0.717) is 0 Å². The molecule has 4 atom stereocenters. The van der Waals surface area contributed by atoms with E-state index in [0.717, 1.165) is 0 Å². The molecule has 1 aliphatic heterocycles. The summed E-state index contributed by atoms with van der Waals surface area (Å²) in [4.78, 5) is 22.7. The lowest BCUT2D eigenvalue weighted by atomic mass is 9.82. The fourth-order valence-corrected chi connectivity index (χ4v) is 2.10. The van der Waals surface area contributed by atoms with E-state index < -0.39 is 29.9 Å². The average molecular weight is 212 g/mol. The van der Waals surface area contributed by atoms with Gasteiger partial charge in [-0.2, -0.15) is 0 Å². The molecule has 0 N–H and O–H groups in total. The van der Waals surface area contributed by atoms with E-state index in [1.54, 1.807) is 12.2 Å². The fraction of sp³-hybridized carbons (Fsp3) is 0.600. The number of esters is 2. The van der Waals surface area contributed by atoms with Crippen LogP contribution in [0.3, 0.4) is 0 Å². The molecule has 0 aromatic carbocycles. The van der Waals surface area contributed by atoms with Gasteiger partial charge < -0.3 is 14.2 Å². The number of ether oxygens (including phenoxy) is 3. The lowest BCUT2D eigenvalue weighted by Crippen LogP contribution is -2.43. The third kappa shape index (κ3) is 1.48. The van der Waals surface area contributed by atoms with Crippen molar-refractivity contribution in [3.63, 3.8) is 0 Å². The Hall–Kier alpha value is -1.20. The van der Waals surface area contributed by atoms with Gasteiger partial charge in [0, 0.05) is 14.2 Å². The molecule has 0 bridgehead atoms. The summed E-state index contributed by atoms with van der Waals surface area (Å²) in [6.45, 7) is 0. The largest absolute Gasteiger partial charge is 0.392 e. The van der Waals surface area contributed by atoms with E-state index in [1.807, 2.05) is 0 Å². The van der Waals surface area contributed by atoms with Crippen molar-refractivity contribution in [2.45, 2.75) is 12.2 Å². The zero-order chi connectivity index (χ0) is 11.0. The smallest absolute Gasteiger partial charge is 0.321 e. The topological polar surface area (TPSA) is 61.8 Å². The van der Waals surface area contributed by atoms with Gasteiger partial charge in [-0.05, 0) is 0 Å². The Bertz CT molecular complexity index is 322. The first kappa shape index (κ1) is 10.3. The van der Waals surface area contributed by atoms with Gasteiger partial charge >= 0.3 is 11.9 Å². The molecule has 1 saturated heterocycles. The van der Waals surface area contributed by atoms with E-state index in [1.165, 1.54) is 14.2 Å². The molecule has 0 saturated carbocycles. The average Bonchev–Trinajstić information content (AvgIpc) is 2.53. The predicted octanol–water partition coefficient (Wildman–Crippen LogP) is -0.0980. The lowest BCUT2D eigenvalue weighted by molar-refractivity contribution is -0.155. The number of fused-ring (bicyclic) bond motifs is 1. The van der Waals surface area contributed by atoms with Gasteiger partial charge in [0.2, 0.25) is 0 Å². The lowest BCUT2D eigenvalue weighted by Gasteiger charge is -2.30. The van der Waals surface area contributed by atoms with Crippen LogP contribution in [-0.4, -0.2) is 38.4 Å². The summed E-state index contributed by atoms with van der Waals surface area (Å²) >= 11 is 0. The SMILES string of the molecule is COC1C=CC2C(=O)OC(=O)C2C1OC. The van der Waals surface area contributed by atoms with Crippen LogP contribution < -0.4 is 0 Å². The summed E-state index contributed by atoms with van der Waals surface area (Å²) < 4.78 is 14.9. The van der Waals surface area contributed by atoms with Crippen LogP contribution in [0.4, 0.5) is 0 Å². The van der Waals surface area contributed by atoms with E-state index in [-0.39, 0.29) is 6.10 Å². The maximum absolute atomic E-state index is 11.4. The quantitative estimate of drug-likeness (QED) is 0.363. The molecule has 0 aromatic rings. The van der Waals surface area contributed by atoms with E-state index in [4.69, 9.17) is 9.47 Å². The standard InChI is InChI=1S/C10H12O5/c1-13-6-4-3-5-7(8(6)14-2)10(12)15-9(5)11/h3-8H,1-2H3. The molecular formula is C10H12O5. The van der Waals surface area contributed by atoms with Gasteiger partial charge in [0.25, 0.3) is 0 Å². The number of methoxy groups -OCH3 is 2. The van der Waals surface area contributed by atoms with Crippen molar-refractivity contribution < 1.29 is 23.8 Å². The van der Waals surface area contributed by atoms with Gasteiger partial charge in [-0.3, -0.25) is 9.59 Å². The summed E-state index contributed by atoms with van der Waals surface area (Å²) in [5.74, 6) is -2.12. The highest BCUT2D eigenvalue weighted by molar-refractivity contribution is 5.98. The van der Waals surface area contributed by atoms with Crippen molar-refractivity contribution in [2.75, 3.05) is 14.2 Å². The molecule has 1 heterocycles. The van der Waals surface area contributed by atoms with Crippen molar-refractivity contribution in [1.82, 2.24) is 0 Å². The Morgan fingerprint density at radius 3 is 2.47 bits per heavy atom. The number of rotatable bonds is 2. The first-order valence-corrected chi connectivity index (χ1v) is 4.68. The molecule has 1 fully saturated rings. The van der Waals surface area contributed by atoms with Gasteiger partial charge in [0.1, 0.15) is 18.1 Å². The molecular weight excluding hydrogens is 200 g/mol. The maximum Gasteiger partial charge on any atom is 0.321 e. The van der Waals surface area contributed by atoms with Crippen molar-refractivity contribution in [3.05, 3.63) is 12.2 Å². The Balaban J connectivity index is 2.32. The number of hydrogen-bond donors (Lipinski definition) is 0. The van der Waals surface area contributed by atoms with E-state index in [2.05, 4.69) is 4.74 Å². The van der Waals surface area contributed by atoms with Crippen molar-refractivity contribution in [1.29, 1.82) is 0 Å². The zero-order valence-corrected chi connectivity index (χ0v) is 8.51. The number of carbonyl (C=O) groups is 2. The second kappa shape index (κ2) is 3.75. The van der Waals surface area contributed by atoms with Gasteiger partial charge in [0.15, 0.2) is 0 Å². The molecule has 0 spiro atoms. The maximum atomic E-state index is 11.4. The van der Waals surface area contributed by atoms with Crippen LogP contribution in [0.1, 0.15) is 0 Å². The van der Waals surface area contributed by atoms with Crippen LogP contribution in [0.5, 0.6) is 0 Å². The summed E-state index contributed by atoms with van der Waals surface area (Å²) in [5, 5.41) is 0. The molecule has 0 aromatic heterocycles. The third-order valence-electron chi connectivity index (χ3n) is 2.86. The van der Waals surface area contributed by atoms with Crippen molar-refractivity contribution >= 4 is 11.9 Å². The second-order valence-electron chi connectivity index (χ2n) is 3.58. The zero-order valence-electron chi connectivity index (χ0n) is 8.51. The summed E-state index contributed by atoms with van der Waals surface area (Å²) in [5.41, 5.74) is 0. The van der Waals surface area contributed by atoms with Crippen LogP contribution in [0.15, 0.2) is 12.2 Å². The van der Waals surface area contributed by atoms with Crippen LogP contribution >= 0.6 is 0 Å². The molecule has 2 rings (SSSR count). The van der Waals surface area contributed by atoms with Gasteiger partial charge in [-0.25, -0.2) is 0 Å². The number of hydrogen-bond acceptors (Lipinski definition) is 5. The minimum Gasteiger partial charge on any atom is -0.392 e. The van der Waals surface area contributed by atoms with Gasteiger partial charge in [-0.1, -0.05) is 12.2 Å². The Kier molecular flexibility index (Phi) is 2.58. The Morgan fingerprint density at radius 2 is 1.87 bits per heavy atom. The molecule has 5 heteroatoms. The van der Waals surface area contributed by atoms with Gasteiger partial charge in [0.05, 0.1) is 5.92 Å². The first-order valence-electron chi connectivity index (χ1n) is 4.68. The second-order valence-corrected chi connectivity index (χ2v) is 3.58. The monoisotopic (exact) mass is 212 g/mol. The molecule has 0 radical (unpaired) electrons. The molecule has 0 amide bonds. The van der Waals surface area contributed by atoms with E-state index in [9.17, 15) is 9.59 Å². The highest BCUT2D eigenvalue weighted by atomic mass is 16.6. The summed E-state index contributed by atoms with van der Waals surface area (Å²) in [6, 6.07) is 0. The molecule has 4 unspecified atom stereocenters. The number of cyclic esters (lactones) is 2. The predicted molar refractivity (Wildman–Crippen MR) is 48.8 cm³/mol. The summed E-state index contributed by atoms with van der Waals surface area (Å²) in [6.07, 6.45) is 2.62. The van der Waals surface area contributed by atoms with Crippen LogP contribution in [0, 0.1) is 11.8 Å². The fourth-order valence-electron chi connectivity index (χ4n) is 2.10. The van der Waals surface area contributed by atoms with Gasteiger partial charge in [-0.15, -0.1) is 0 Å².